The van der Waals surface area contributed by atoms with Crippen LogP contribution in [0, 0.1) is 27.9 Å². The molecule has 4 fully saturated rings. The van der Waals surface area contributed by atoms with Crippen LogP contribution in [0.15, 0.2) is 67.0 Å². The number of aliphatic hydroxyl groups is 5. The van der Waals surface area contributed by atoms with Crippen LogP contribution in [0.2, 0.25) is 0 Å². The number of ketones is 1. The number of hydrogen-bond acceptors (Lipinski definition) is 18. The van der Waals surface area contributed by atoms with Gasteiger partial charge >= 0.3 is 11.9 Å². The summed E-state index contributed by atoms with van der Waals surface area (Å²) in [6.07, 6.45) is -6.84. The van der Waals surface area contributed by atoms with E-state index in [-0.39, 0.29) is 42.2 Å². The third kappa shape index (κ3) is 13.8. The van der Waals surface area contributed by atoms with Gasteiger partial charge in [-0.1, -0.05) is 68.9 Å². The molecule has 4 heterocycles. The zero-order valence-electron chi connectivity index (χ0n) is 42.3. The van der Waals surface area contributed by atoms with Crippen molar-refractivity contribution in [3.8, 4) is 0 Å². The number of nitrogens with zero attached hydrogens (tertiary/aromatic N) is 5. The van der Waals surface area contributed by atoms with E-state index in [2.05, 4.69) is 10.3 Å². The SMILES string of the molecule is CC1O[C@@H](O[C@@H]2C(C)CC(C(=O)CCCCCc3cn(CCn4ccc5cc([N+](=O)[O-])ccc54)nn3)C[C@H]2O[C@@H]2O[C@@H](CO)[C@H](O)C(O[C@@H](CC3CCCCC3)C(=O)O)C2OC(=O)c2ccccc2)C(O)[C@@H](O)[C@@H]1O. The van der Waals surface area contributed by atoms with Crippen LogP contribution in [0.5, 0.6) is 0 Å². The first kappa shape index (κ1) is 55.9. The number of carboxylic acids is 1. The molecule has 0 amide bonds. The minimum Gasteiger partial charge on any atom is -0.479 e. The smallest absolute Gasteiger partial charge is 0.338 e. The van der Waals surface area contributed by atoms with Gasteiger partial charge in [-0.15, -0.1) is 5.10 Å². The van der Waals surface area contributed by atoms with Gasteiger partial charge in [0.15, 0.2) is 24.8 Å². The highest BCUT2D eigenvalue weighted by atomic mass is 16.7. The van der Waals surface area contributed by atoms with Crippen molar-refractivity contribution in [2.24, 2.45) is 17.8 Å². The van der Waals surface area contributed by atoms with E-state index in [1.54, 1.807) is 35.0 Å². The first-order valence-electron chi connectivity index (χ1n) is 26.3. The van der Waals surface area contributed by atoms with E-state index in [4.69, 9.17) is 28.4 Å². The molecule has 4 aromatic rings. The van der Waals surface area contributed by atoms with Crippen molar-refractivity contribution in [1.82, 2.24) is 19.6 Å². The number of benzene rings is 2. The summed E-state index contributed by atoms with van der Waals surface area (Å²) in [5.41, 5.74) is 1.84. The number of aromatic nitrogens is 4. The van der Waals surface area contributed by atoms with Crippen LogP contribution in [0.4, 0.5) is 5.69 Å². The van der Waals surface area contributed by atoms with Crippen LogP contribution in [0.1, 0.15) is 107 Å². The molecule has 8 rings (SSSR count). The molecule has 0 radical (unpaired) electrons. The number of fused-ring (bicyclic) bond motifs is 1. The van der Waals surface area contributed by atoms with Crippen LogP contribution in [0.25, 0.3) is 10.9 Å². The minimum atomic E-state index is -1.69. The topological polar surface area (TPSA) is 307 Å². The van der Waals surface area contributed by atoms with Gasteiger partial charge in [0.05, 0.1) is 47.6 Å². The molecule has 0 bridgehead atoms. The Balaban J connectivity index is 0.954. The second kappa shape index (κ2) is 25.7. The van der Waals surface area contributed by atoms with Gasteiger partial charge in [-0.05, 0) is 81.5 Å². The summed E-state index contributed by atoms with van der Waals surface area (Å²) in [4.78, 5) is 51.7. The molecule has 2 saturated heterocycles. The Morgan fingerprint density at radius 3 is 2.36 bits per heavy atom. The number of carboxylic acid groups (broad SMARTS) is 1. The number of carbonyl (C=O) groups excluding carboxylic acids is 2. The van der Waals surface area contributed by atoms with Gasteiger partial charge in [-0.2, -0.15) is 0 Å². The summed E-state index contributed by atoms with van der Waals surface area (Å²) in [6, 6.07) is 14.6. The number of nitro groups is 1. The fraction of sp³-hybridized carbons (Fsp3) is 0.642. The van der Waals surface area contributed by atoms with Crippen molar-refractivity contribution in [2.75, 3.05) is 6.61 Å². The lowest BCUT2D eigenvalue weighted by molar-refractivity contribution is -0.384. The highest BCUT2D eigenvalue weighted by Crippen LogP contribution is 2.40. The van der Waals surface area contributed by atoms with E-state index >= 15 is 0 Å². The number of Topliss-reactive ketones (excluding diaryl/α,β-unsaturated/α-hetero) is 1. The Morgan fingerprint density at radius 2 is 1.63 bits per heavy atom. The van der Waals surface area contributed by atoms with Crippen LogP contribution < -0.4 is 0 Å². The molecule has 2 saturated carbocycles. The van der Waals surface area contributed by atoms with Gasteiger partial charge in [0.1, 0.15) is 42.4 Å². The number of ether oxygens (including phenoxy) is 6. The number of non-ortho nitro benzene ring substituents is 1. The highest BCUT2D eigenvalue weighted by molar-refractivity contribution is 5.89. The fourth-order valence-electron chi connectivity index (χ4n) is 11.1. The molecular formula is C53H71N5O17. The second-order valence-electron chi connectivity index (χ2n) is 20.7. The lowest BCUT2D eigenvalue weighted by Gasteiger charge is -2.48. The Hall–Kier alpha value is -5.27. The van der Waals surface area contributed by atoms with Gasteiger partial charge < -0.3 is 63.6 Å². The molecule has 6 N–H and O–H groups in total. The van der Waals surface area contributed by atoms with Gasteiger partial charge in [0.2, 0.25) is 0 Å². The monoisotopic (exact) mass is 1050 g/mol. The predicted molar refractivity (Wildman–Crippen MR) is 265 cm³/mol. The number of rotatable bonds is 23. The number of unbranched alkanes of at least 4 members (excludes halogenated alkanes) is 2. The summed E-state index contributed by atoms with van der Waals surface area (Å²) in [7, 11) is 0. The number of aliphatic hydroxyl groups excluding tert-OH is 5. The predicted octanol–water partition coefficient (Wildman–Crippen LogP) is 4.27. The summed E-state index contributed by atoms with van der Waals surface area (Å²) in [5.74, 6) is -3.19. The number of esters is 1. The molecule has 2 aromatic carbocycles. The molecule has 2 aliphatic heterocycles. The van der Waals surface area contributed by atoms with Crippen LogP contribution >= 0.6 is 0 Å². The summed E-state index contributed by atoms with van der Waals surface area (Å²) >= 11 is 0. The van der Waals surface area contributed by atoms with Gasteiger partial charge in [0, 0.05) is 54.3 Å². The Bertz CT molecular complexity index is 2520. The van der Waals surface area contributed by atoms with Gasteiger partial charge in [-0.25, -0.2) is 9.59 Å². The first-order valence-corrected chi connectivity index (χ1v) is 26.3. The lowest BCUT2D eigenvalue weighted by Crippen LogP contribution is -2.64. The second-order valence-corrected chi connectivity index (χ2v) is 20.7. The molecule has 2 aliphatic carbocycles. The molecule has 15 atom stereocenters. The van der Waals surface area contributed by atoms with E-state index in [1.165, 1.54) is 25.1 Å². The third-order valence-corrected chi connectivity index (χ3v) is 15.4. The quantitative estimate of drug-likeness (QED) is 0.0261. The van der Waals surface area contributed by atoms with Gasteiger partial charge in [0.25, 0.3) is 5.69 Å². The molecule has 22 heteroatoms. The van der Waals surface area contributed by atoms with Crippen LogP contribution in [0.3, 0.4) is 0 Å². The minimum absolute atomic E-state index is 0.0333. The van der Waals surface area contributed by atoms with Crippen LogP contribution in [-0.2, 0) is 57.5 Å². The average Bonchev–Trinajstić information content (AvgIpc) is 4.05. The number of carbonyl (C=O) groups is 3. The first-order chi connectivity index (χ1) is 36.1. The number of aliphatic carboxylic acids is 1. The van der Waals surface area contributed by atoms with Crippen molar-refractivity contribution in [1.29, 1.82) is 0 Å². The average molecular weight is 1050 g/mol. The Morgan fingerprint density at radius 1 is 0.853 bits per heavy atom. The molecule has 0 spiro atoms. The highest BCUT2D eigenvalue weighted by Gasteiger charge is 2.54. The van der Waals surface area contributed by atoms with Crippen molar-refractivity contribution in [3.63, 3.8) is 0 Å². The van der Waals surface area contributed by atoms with E-state index in [9.17, 15) is 55.1 Å². The molecule has 22 nitrogen and oxygen atoms in total. The molecule has 6 unspecified atom stereocenters. The van der Waals surface area contributed by atoms with E-state index < -0.39 is 115 Å². The van der Waals surface area contributed by atoms with Crippen molar-refractivity contribution in [2.45, 2.75) is 190 Å². The maximum absolute atomic E-state index is 14.2. The zero-order chi connectivity index (χ0) is 53.3. The van der Waals surface area contributed by atoms with Crippen molar-refractivity contribution < 1.29 is 78.4 Å². The molecule has 4 aliphatic rings. The number of aryl methyl sites for hydroxylation is 3. The standard InChI is InChI=1S/C53H71N5O17/c1-30-24-35(39(60)17-11-5-10-16-36-28-57(55-54-36)23-22-56-21-20-34-26-37(58(68)69)18-19-38(34)56)27-40(47(30)75-52-46(64)45(63)43(61)31(2)70-52)72-53-49(74-51(67)33-14-8-4-9-15-33)48(44(62)42(29-59)73-53)71-41(50(65)66)25-32-12-6-3-7-13-32/h4,8-9,14-15,18-21,26,28,30-32,35,40-49,52-53,59,61-64H,3,5-7,10-13,16-17,22-25,27,29H2,1-2H3,(H,65,66)/t30?,31?,35?,40-,41+,42+,43-,44+,45+,46?,47-,48?,49?,52+,53-/m1/s1. The Labute approximate surface area is 434 Å². The molecule has 2 aromatic heterocycles. The van der Waals surface area contributed by atoms with Crippen molar-refractivity contribution >= 4 is 34.3 Å². The Kier molecular flexibility index (Phi) is 19.2. The fourth-order valence-corrected chi connectivity index (χ4v) is 11.1. The maximum Gasteiger partial charge on any atom is 0.338 e. The lowest BCUT2D eigenvalue weighted by atomic mass is 9.75. The van der Waals surface area contributed by atoms with Crippen molar-refractivity contribution in [3.05, 3.63) is 88.4 Å². The normalized spacial score (nSPS) is 31.0. The number of hydrogen-bond donors (Lipinski definition) is 6. The summed E-state index contributed by atoms with van der Waals surface area (Å²) in [5, 5.41) is 85.6. The number of nitro benzene ring substituents is 1. The van der Waals surface area contributed by atoms with E-state index in [0.717, 1.165) is 55.1 Å². The van der Waals surface area contributed by atoms with E-state index in [0.29, 0.717) is 38.8 Å². The summed E-state index contributed by atoms with van der Waals surface area (Å²) in [6.45, 7) is 3.70. The van der Waals surface area contributed by atoms with Gasteiger partial charge in [-0.3, -0.25) is 19.6 Å². The molecule has 410 valence electrons. The third-order valence-electron chi connectivity index (χ3n) is 15.4. The molecular weight excluding hydrogens is 979 g/mol. The van der Waals surface area contributed by atoms with E-state index in [1.807, 2.05) is 30.0 Å². The van der Waals surface area contributed by atoms with Crippen LogP contribution in [-0.4, -0.2) is 159 Å². The maximum atomic E-state index is 14.2. The molecule has 75 heavy (non-hydrogen) atoms. The summed E-state index contributed by atoms with van der Waals surface area (Å²) < 4.78 is 41.3. The largest absolute Gasteiger partial charge is 0.479 e. The zero-order valence-corrected chi connectivity index (χ0v) is 42.3.